The Bertz CT molecular complexity index is 465. The summed E-state index contributed by atoms with van der Waals surface area (Å²) < 4.78 is 59.6. The largest absolute Gasteiger partial charge is 0.405 e. The summed E-state index contributed by atoms with van der Waals surface area (Å²) in [5, 5.41) is 1.23. The van der Waals surface area contributed by atoms with E-state index in [1.807, 2.05) is 0 Å². The highest BCUT2D eigenvalue weighted by atomic mass is 32.2. The van der Waals surface area contributed by atoms with Gasteiger partial charge in [-0.3, -0.25) is 9.69 Å². The number of halogens is 3. The maximum Gasteiger partial charge on any atom is 0.405 e. The number of rotatable bonds is 5. The zero-order valence-corrected chi connectivity index (χ0v) is 12.9. The molecule has 0 aromatic carbocycles. The average Bonchev–Trinajstić information content (AvgIpc) is 2.34. The minimum atomic E-state index is -4.45. The van der Waals surface area contributed by atoms with Gasteiger partial charge in [-0.2, -0.15) is 13.2 Å². The first-order valence-corrected chi connectivity index (χ1v) is 8.69. The smallest absolute Gasteiger partial charge is 0.346 e. The second-order valence-electron chi connectivity index (χ2n) is 5.53. The molecule has 124 valence electrons. The van der Waals surface area contributed by atoms with Gasteiger partial charge in [-0.15, -0.1) is 0 Å². The maximum absolute atomic E-state index is 12.0. The second kappa shape index (κ2) is 6.95. The van der Waals surface area contributed by atoms with E-state index in [-0.39, 0.29) is 12.6 Å². The Morgan fingerprint density at radius 3 is 2.38 bits per heavy atom. The third-order valence-electron chi connectivity index (χ3n) is 3.66. The van der Waals surface area contributed by atoms with Crippen molar-refractivity contribution in [1.82, 2.24) is 10.2 Å². The van der Waals surface area contributed by atoms with Crippen molar-refractivity contribution in [2.75, 3.05) is 26.4 Å². The highest BCUT2D eigenvalue weighted by Crippen LogP contribution is 2.27. The predicted octanol–water partition coefficient (Wildman–Crippen LogP) is 0.953. The van der Waals surface area contributed by atoms with Gasteiger partial charge in [0, 0.05) is 12.3 Å². The van der Waals surface area contributed by atoms with Crippen LogP contribution in [0.2, 0.25) is 0 Å². The highest BCUT2D eigenvalue weighted by Gasteiger charge is 2.36. The normalized spacial score (nSPS) is 24.1. The van der Waals surface area contributed by atoms with Crippen LogP contribution >= 0.6 is 0 Å². The zero-order valence-electron chi connectivity index (χ0n) is 12.1. The Labute approximate surface area is 122 Å². The van der Waals surface area contributed by atoms with Crippen molar-refractivity contribution in [3.05, 3.63) is 0 Å². The van der Waals surface area contributed by atoms with E-state index >= 15 is 0 Å². The quantitative estimate of drug-likeness (QED) is 0.815. The molecule has 5 nitrogen and oxygen atoms in total. The van der Waals surface area contributed by atoms with Crippen molar-refractivity contribution in [2.45, 2.75) is 43.2 Å². The molecule has 0 spiro atoms. The Morgan fingerprint density at radius 1 is 1.29 bits per heavy atom. The fourth-order valence-electron chi connectivity index (χ4n) is 2.68. The Balaban J connectivity index is 2.60. The van der Waals surface area contributed by atoms with Gasteiger partial charge in [-0.25, -0.2) is 8.42 Å². The lowest BCUT2D eigenvalue weighted by molar-refractivity contribution is -0.139. The summed E-state index contributed by atoms with van der Waals surface area (Å²) in [6, 6.07) is -0.328. The summed E-state index contributed by atoms with van der Waals surface area (Å²) in [5.74, 6) is -0.757. The van der Waals surface area contributed by atoms with E-state index in [0.29, 0.717) is 12.8 Å². The second-order valence-corrected chi connectivity index (χ2v) is 7.79. The summed E-state index contributed by atoms with van der Waals surface area (Å²) in [6.07, 6.45) is -0.478. The summed E-state index contributed by atoms with van der Waals surface area (Å²) in [6.45, 7) is -1.62. The fraction of sp³-hybridized carbons (Fsp3) is 0.917. The van der Waals surface area contributed by atoms with Gasteiger partial charge in [0.15, 0.2) is 9.84 Å². The number of likely N-dealkylation sites (N-methyl/N-ethyl adjacent to an activating group) is 1. The lowest BCUT2D eigenvalue weighted by Crippen LogP contribution is -2.50. The van der Waals surface area contributed by atoms with Crippen molar-refractivity contribution in [3.63, 3.8) is 0 Å². The van der Waals surface area contributed by atoms with Crippen LogP contribution in [0.1, 0.15) is 25.7 Å². The van der Waals surface area contributed by atoms with E-state index in [4.69, 9.17) is 0 Å². The molecular formula is C12H21F3N2O3S. The molecule has 0 saturated heterocycles. The van der Waals surface area contributed by atoms with Crippen LogP contribution in [0.4, 0.5) is 13.2 Å². The molecule has 0 aromatic heterocycles. The predicted molar refractivity (Wildman–Crippen MR) is 72.6 cm³/mol. The topological polar surface area (TPSA) is 66.5 Å². The molecule has 1 rings (SSSR count). The number of sulfone groups is 1. The van der Waals surface area contributed by atoms with Gasteiger partial charge in [0.25, 0.3) is 0 Å². The Morgan fingerprint density at radius 2 is 1.86 bits per heavy atom. The lowest BCUT2D eigenvalue weighted by atomic mass is 9.94. The van der Waals surface area contributed by atoms with E-state index < -0.39 is 33.7 Å². The van der Waals surface area contributed by atoms with Crippen LogP contribution < -0.4 is 5.32 Å². The van der Waals surface area contributed by atoms with Crippen LogP contribution in [-0.2, 0) is 14.6 Å². The molecule has 21 heavy (non-hydrogen) atoms. The van der Waals surface area contributed by atoms with Crippen LogP contribution in [0.3, 0.4) is 0 Å². The fourth-order valence-corrected chi connectivity index (χ4v) is 4.19. The molecule has 0 heterocycles. The first-order chi connectivity index (χ1) is 9.50. The van der Waals surface area contributed by atoms with Crippen molar-refractivity contribution in [1.29, 1.82) is 0 Å². The molecule has 0 aliphatic heterocycles. The number of carbonyl (C=O) groups is 1. The van der Waals surface area contributed by atoms with Gasteiger partial charge in [-0.1, -0.05) is 12.8 Å². The van der Waals surface area contributed by atoms with Crippen LogP contribution in [-0.4, -0.2) is 63.1 Å². The van der Waals surface area contributed by atoms with Gasteiger partial charge in [0.1, 0.15) is 6.54 Å². The SMILES string of the molecule is CN(CC(=O)NCC(F)(F)F)[C@H]1CCCC[C@H]1S(C)(=O)=O. The number of carbonyl (C=O) groups excluding carboxylic acids is 1. The standard InChI is InChI=1S/C12H21F3N2O3S/c1-17(7-11(18)16-8-12(13,14)15)9-5-3-4-6-10(9)21(2,19)20/h9-10H,3-8H2,1-2H3,(H,16,18)/t9-,10+/m0/s1. The monoisotopic (exact) mass is 330 g/mol. The first kappa shape index (κ1) is 18.2. The third-order valence-corrected chi connectivity index (χ3v) is 5.31. The first-order valence-electron chi connectivity index (χ1n) is 6.73. The summed E-state index contributed by atoms with van der Waals surface area (Å²) in [4.78, 5) is 13.0. The number of amides is 1. The van der Waals surface area contributed by atoms with Gasteiger partial charge >= 0.3 is 6.18 Å². The van der Waals surface area contributed by atoms with Gasteiger partial charge in [-0.05, 0) is 19.9 Å². The molecule has 0 radical (unpaired) electrons. The van der Waals surface area contributed by atoms with E-state index in [2.05, 4.69) is 0 Å². The molecule has 1 saturated carbocycles. The van der Waals surface area contributed by atoms with E-state index in [0.717, 1.165) is 19.1 Å². The van der Waals surface area contributed by atoms with Crippen molar-refractivity contribution >= 4 is 15.7 Å². The number of hydrogen-bond donors (Lipinski definition) is 1. The molecule has 2 atom stereocenters. The maximum atomic E-state index is 12.0. The Kier molecular flexibility index (Phi) is 6.03. The van der Waals surface area contributed by atoms with Crippen molar-refractivity contribution in [2.24, 2.45) is 0 Å². The number of nitrogens with zero attached hydrogens (tertiary/aromatic N) is 1. The molecule has 9 heteroatoms. The van der Waals surface area contributed by atoms with Crippen LogP contribution in [0.5, 0.6) is 0 Å². The average molecular weight is 330 g/mol. The van der Waals surface area contributed by atoms with Crippen LogP contribution in [0.15, 0.2) is 0 Å². The van der Waals surface area contributed by atoms with E-state index in [9.17, 15) is 26.4 Å². The minimum absolute atomic E-state index is 0.243. The van der Waals surface area contributed by atoms with Crippen LogP contribution in [0.25, 0.3) is 0 Å². The Hall–Kier alpha value is -0.830. The van der Waals surface area contributed by atoms with Gasteiger partial charge in [0.05, 0.1) is 11.8 Å². The minimum Gasteiger partial charge on any atom is -0.346 e. The molecule has 0 unspecified atom stereocenters. The molecule has 0 bridgehead atoms. The summed E-state index contributed by atoms with van der Waals surface area (Å²) in [7, 11) is -1.67. The molecule has 1 fully saturated rings. The van der Waals surface area contributed by atoms with Gasteiger partial charge < -0.3 is 5.32 Å². The molecule has 0 aromatic rings. The molecule has 1 aliphatic carbocycles. The van der Waals surface area contributed by atoms with Crippen LogP contribution in [0, 0.1) is 0 Å². The highest BCUT2D eigenvalue weighted by molar-refractivity contribution is 7.91. The van der Waals surface area contributed by atoms with Crippen molar-refractivity contribution in [3.8, 4) is 0 Å². The third kappa shape index (κ3) is 6.21. The summed E-state index contributed by atoms with van der Waals surface area (Å²) in [5.41, 5.74) is 0. The summed E-state index contributed by atoms with van der Waals surface area (Å²) >= 11 is 0. The molecule has 1 amide bonds. The zero-order chi connectivity index (χ0) is 16.3. The molecular weight excluding hydrogens is 309 g/mol. The molecule has 1 aliphatic rings. The van der Waals surface area contributed by atoms with Crippen molar-refractivity contribution < 1.29 is 26.4 Å². The number of alkyl halides is 3. The molecule has 1 N–H and O–H groups in total. The van der Waals surface area contributed by atoms with E-state index in [1.165, 1.54) is 4.90 Å². The number of nitrogens with one attached hydrogen (secondary N) is 1. The van der Waals surface area contributed by atoms with E-state index in [1.54, 1.807) is 12.4 Å². The number of hydrogen-bond acceptors (Lipinski definition) is 4. The lowest BCUT2D eigenvalue weighted by Gasteiger charge is -2.36. The van der Waals surface area contributed by atoms with Gasteiger partial charge in [0.2, 0.25) is 5.91 Å².